The molecule has 2 aromatic rings. The van der Waals surface area contributed by atoms with Gasteiger partial charge in [-0.3, -0.25) is 0 Å². The average molecular weight is 263 g/mol. The van der Waals surface area contributed by atoms with E-state index in [-0.39, 0.29) is 6.04 Å². The highest BCUT2D eigenvalue weighted by atomic mass is 32.1. The van der Waals surface area contributed by atoms with E-state index >= 15 is 0 Å². The standard InChI is InChI=1S/C12H17N5S/c1-4-10-16-9(13)5-11(17-10)15-8(3)12-14-6-7(2)18-12/h5-6,8H,4H2,1-3H3,(H3,13,15,16,17). The first-order chi connectivity index (χ1) is 8.58. The van der Waals surface area contributed by atoms with Gasteiger partial charge in [0.25, 0.3) is 0 Å². The van der Waals surface area contributed by atoms with Crippen molar-refractivity contribution in [2.45, 2.75) is 33.2 Å². The maximum absolute atomic E-state index is 5.75. The van der Waals surface area contributed by atoms with Crippen molar-refractivity contribution >= 4 is 23.0 Å². The fourth-order valence-corrected chi connectivity index (χ4v) is 2.38. The topological polar surface area (TPSA) is 76.7 Å². The van der Waals surface area contributed by atoms with Crippen molar-refractivity contribution in [2.24, 2.45) is 0 Å². The van der Waals surface area contributed by atoms with Crippen LogP contribution in [0, 0.1) is 6.92 Å². The van der Waals surface area contributed by atoms with E-state index in [4.69, 9.17) is 5.73 Å². The van der Waals surface area contributed by atoms with Crippen molar-refractivity contribution in [2.75, 3.05) is 11.1 Å². The fraction of sp³-hybridized carbons (Fsp3) is 0.417. The number of nitrogens with one attached hydrogen (secondary N) is 1. The van der Waals surface area contributed by atoms with Gasteiger partial charge in [-0.15, -0.1) is 11.3 Å². The summed E-state index contributed by atoms with van der Waals surface area (Å²) in [7, 11) is 0. The van der Waals surface area contributed by atoms with Crippen LogP contribution < -0.4 is 11.1 Å². The van der Waals surface area contributed by atoms with Crippen LogP contribution in [-0.2, 0) is 6.42 Å². The second-order valence-electron chi connectivity index (χ2n) is 4.12. The molecule has 0 radical (unpaired) electrons. The monoisotopic (exact) mass is 263 g/mol. The molecule has 0 aromatic carbocycles. The molecule has 18 heavy (non-hydrogen) atoms. The van der Waals surface area contributed by atoms with Gasteiger partial charge in [0.15, 0.2) is 0 Å². The number of aryl methyl sites for hydroxylation is 2. The van der Waals surface area contributed by atoms with Crippen LogP contribution in [0.25, 0.3) is 0 Å². The minimum absolute atomic E-state index is 0.114. The highest BCUT2D eigenvalue weighted by molar-refractivity contribution is 7.11. The van der Waals surface area contributed by atoms with Crippen LogP contribution in [0.1, 0.15) is 35.6 Å². The molecule has 0 saturated carbocycles. The SMILES string of the molecule is CCc1nc(N)cc(NC(C)c2ncc(C)s2)n1. The van der Waals surface area contributed by atoms with Crippen molar-refractivity contribution in [1.82, 2.24) is 15.0 Å². The summed E-state index contributed by atoms with van der Waals surface area (Å²) in [6, 6.07) is 1.86. The molecule has 0 aliphatic heterocycles. The van der Waals surface area contributed by atoms with Gasteiger partial charge in [0.2, 0.25) is 0 Å². The zero-order valence-electron chi connectivity index (χ0n) is 10.8. The van der Waals surface area contributed by atoms with Gasteiger partial charge in [-0.1, -0.05) is 6.92 Å². The van der Waals surface area contributed by atoms with E-state index in [9.17, 15) is 0 Å². The van der Waals surface area contributed by atoms with Crippen molar-refractivity contribution < 1.29 is 0 Å². The third kappa shape index (κ3) is 2.95. The minimum atomic E-state index is 0.114. The van der Waals surface area contributed by atoms with Crippen LogP contribution in [0.3, 0.4) is 0 Å². The van der Waals surface area contributed by atoms with E-state index in [0.717, 1.165) is 23.1 Å². The molecule has 0 bridgehead atoms. The van der Waals surface area contributed by atoms with Gasteiger partial charge in [0, 0.05) is 23.6 Å². The summed E-state index contributed by atoms with van der Waals surface area (Å²) < 4.78 is 0. The molecule has 0 aliphatic rings. The molecular formula is C12H17N5S. The van der Waals surface area contributed by atoms with Crippen molar-refractivity contribution in [3.8, 4) is 0 Å². The van der Waals surface area contributed by atoms with E-state index in [1.165, 1.54) is 4.88 Å². The second kappa shape index (κ2) is 5.30. The number of nitrogens with zero attached hydrogens (tertiary/aromatic N) is 3. The molecule has 6 heteroatoms. The number of rotatable bonds is 4. The van der Waals surface area contributed by atoms with Crippen LogP contribution >= 0.6 is 11.3 Å². The molecule has 96 valence electrons. The maximum Gasteiger partial charge on any atom is 0.132 e. The van der Waals surface area contributed by atoms with Gasteiger partial charge < -0.3 is 11.1 Å². The summed E-state index contributed by atoms with van der Waals surface area (Å²) >= 11 is 1.68. The number of thiazole rings is 1. The first kappa shape index (κ1) is 12.8. The molecule has 0 aliphatic carbocycles. The molecule has 0 saturated heterocycles. The summed E-state index contributed by atoms with van der Waals surface area (Å²) in [5, 5.41) is 4.35. The van der Waals surface area contributed by atoms with Crippen molar-refractivity contribution in [1.29, 1.82) is 0 Å². The maximum atomic E-state index is 5.75. The van der Waals surface area contributed by atoms with Gasteiger partial charge in [0.05, 0.1) is 6.04 Å². The fourth-order valence-electron chi connectivity index (χ4n) is 1.61. The Labute approximate surface area is 111 Å². The molecule has 3 N–H and O–H groups in total. The summed E-state index contributed by atoms with van der Waals surface area (Å²) in [4.78, 5) is 14.1. The van der Waals surface area contributed by atoms with E-state index in [2.05, 4.69) is 27.2 Å². The summed E-state index contributed by atoms with van der Waals surface area (Å²) in [6.45, 7) is 6.11. The number of hydrogen-bond acceptors (Lipinski definition) is 6. The molecule has 0 spiro atoms. The van der Waals surface area contributed by atoms with Crippen LogP contribution in [0.15, 0.2) is 12.3 Å². The van der Waals surface area contributed by atoms with Gasteiger partial charge in [-0.2, -0.15) is 0 Å². The third-order valence-corrected chi connectivity index (χ3v) is 3.58. The predicted octanol–water partition coefficient (Wildman–Crippen LogP) is 2.56. The van der Waals surface area contributed by atoms with Crippen LogP contribution in [0.4, 0.5) is 11.6 Å². The minimum Gasteiger partial charge on any atom is -0.384 e. The normalized spacial score (nSPS) is 12.4. The first-order valence-corrected chi connectivity index (χ1v) is 6.72. The number of nitrogen functional groups attached to an aromatic ring is 1. The van der Waals surface area contributed by atoms with E-state index in [1.807, 2.05) is 20.0 Å². The van der Waals surface area contributed by atoms with Gasteiger partial charge in [0.1, 0.15) is 22.5 Å². The molecule has 2 rings (SSSR count). The third-order valence-electron chi connectivity index (χ3n) is 2.48. The number of nitrogens with two attached hydrogens (primary N) is 1. The number of aromatic nitrogens is 3. The molecule has 2 heterocycles. The predicted molar refractivity (Wildman–Crippen MR) is 74.7 cm³/mol. The van der Waals surface area contributed by atoms with Crippen molar-refractivity contribution in [3.63, 3.8) is 0 Å². The second-order valence-corrected chi connectivity index (χ2v) is 5.39. The number of anilines is 2. The molecule has 0 amide bonds. The lowest BCUT2D eigenvalue weighted by Gasteiger charge is -2.12. The Hall–Kier alpha value is -1.69. The van der Waals surface area contributed by atoms with E-state index in [1.54, 1.807) is 17.4 Å². The zero-order valence-corrected chi connectivity index (χ0v) is 11.6. The van der Waals surface area contributed by atoms with E-state index < -0.39 is 0 Å². The first-order valence-electron chi connectivity index (χ1n) is 5.90. The Kier molecular flexibility index (Phi) is 3.76. The lowest BCUT2D eigenvalue weighted by molar-refractivity contribution is 0.847. The van der Waals surface area contributed by atoms with Gasteiger partial charge in [-0.05, 0) is 13.8 Å². The van der Waals surface area contributed by atoms with Crippen LogP contribution in [-0.4, -0.2) is 15.0 Å². The molecule has 2 aromatic heterocycles. The summed E-state index contributed by atoms with van der Waals surface area (Å²) in [5.41, 5.74) is 5.75. The van der Waals surface area contributed by atoms with Crippen LogP contribution in [0.2, 0.25) is 0 Å². The molecule has 1 atom stereocenters. The Balaban J connectivity index is 2.16. The molecular weight excluding hydrogens is 246 g/mol. The largest absolute Gasteiger partial charge is 0.384 e. The van der Waals surface area contributed by atoms with Crippen LogP contribution in [0.5, 0.6) is 0 Å². The Morgan fingerprint density at radius 2 is 2.22 bits per heavy atom. The lowest BCUT2D eigenvalue weighted by Crippen LogP contribution is -2.10. The molecule has 5 nitrogen and oxygen atoms in total. The Morgan fingerprint density at radius 1 is 1.44 bits per heavy atom. The van der Waals surface area contributed by atoms with Gasteiger partial charge in [-0.25, -0.2) is 15.0 Å². The average Bonchev–Trinajstić information content (AvgIpc) is 2.75. The molecule has 1 unspecified atom stereocenters. The summed E-state index contributed by atoms with van der Waals surface area (Å²) in [5.74, 6) is 1.99. The Bertz CT molecular complexity index is 537. The Morgan fingerprint density at radius 3 is 2.83 bits per heavy atom. The number of hydrogen-bond donors (Lipinski definition) is 2. The van der Waals surface area contributed by atoms with Gasteiger partial charge >= 0.3 is 0 Å². The van der Waals surface area contributed by atoms with E-state index in [0.29, 0.717) is 5.82 Å². The highest BCUT2D eigenvalue weighted by Gasteiger charge is 2.10. The zero-order chi connectivity index (χ0) is 13.1. The smallest absolute Gasteiger partial charge is 0.132 e. The lowest BCUT2D eigenvalue weighted by atomic mass is 10.3. The quantitative estimate of drug-likeness (QED) is 0.886. The molecule has 0 fully saturated rings. The van der Waals surface area contributed by atoms with Crippen molar-refractivity contribution in [3.05, 3.63) is 28.0 Å². The summed E-state index contributed by atoms with van der Waals surface area (Å²) in [6.07, 6.45) is 2.65. The highest BCUT2D eigenvalue weighted by Crippen LogP contribution is 2.22.